The first-order valence-corrected chi connectivity index (χ1v) is 10.9. The topological polar surface area (TPSA) is 80.8 Å². The number of rotatable bonds is 4. The van der Waals surface area contributed by atoms with Crippen molar-refractivity contribution in [2.45, 2.75) is 25.3 Å². The SMILES string of the molecule is O=C(Nc1nc2cc3c(cc2s1)OCCO3)C(c1ccccc1)N1CCCCC1=O. The number of anilines is 1. The summed E-state index contributed by atoms with van der Waals surface area (Å²) in [6.45, 7) is 1.60. The molecule has 8 heteroatoms. The second-order valence-electron chi connectivity index (χ2n) is 7.33. The van der Waals surface area contributed by atoms with Crippen molar-refractivity contribution >= 4 is 38.5 Å². The van der Waals surface area contributed by atoms with E-state index < -0.39 is 6.04 Å². The maximum atomic E-state index is 13.3. The lowest BCUT2D eigenvalue weighted by atomic mass is 10.0. The molecule has 7 nitrogen and oxygen atoms in total. The Bertz CT molecular complexity index is 1060. The van der Waals surface area contributed by atoms with E-state index in [1.165, 1.54) is 11.3 Å². The van der Waals surface area contributed by atoms with Gasteiger partial charge >= 0.3 is 0 Å². The van der Waals surface area contributed by atoms with Gasteiger partial charge in [-0.15, -0.1) is 0 Å². The second-order valence-corrected chi connectivity index (χ2v) is 8.36. The van der Waals surface area contributed by atoms with Crippen LogP contribution in [0.25, 0.3) is 10.2 Å². The third-order valence-electron chi connectivity index (χ3n) is 5.32. The number of carbonyl (C=O) groups is 2. The summed E-state index contributed by atoms with van der Waals surface area (Å²) < 4.78 is 12.2. The number of thiazole rings is 1. The molecular formula is C22H21N3O4S. The summed E-state index contributed by atoms with van der Waals surface area (Å²) in [5, 5.41) is 3.42. The fourth-order valence-corrected chi connectivity index (χ4v) is 4.78. The summed E-state index contributed by atoms with van der Waals surface area (Å²) in [5.74, 6) is 1.11. The van der Waals surface area contributed by atoms with E-state index in [1.54, 1.807) is 4.90 Å². The Balaban J connectivity index is 1.44. The predicted molar refractivity (Wildman–Crippen MR) is 114 cm³/mol. The maximum absolute atomic E-state index is 13.3. The number of carbonyl (C=O) groups excluding carboxylic acids is 2. The molecule has 0 spiro atoms. The lowest BCUT2D eigenvalue weighted by Gasteiger charge is -2.33. The van der Waals surface area contributed by atoms with Crippen molar-refractivity contribution in [3.8, 4) is 11.5 Å². The third-order valence-corrected chi connectivity index (χ3v) is 6.25. The van der Waals surface area contributed by atoms with Crippen LogP contribution in [-0.4, -0.2) is 41.5 Å². The molecule has 2 amide bonds. The van der Waals surface area contributed by atoms with Crippen LogP contribution < -0.4 is 14.8 Å². The molecule has 1 fully saturated rings. The summed E-state index contributed by atoms with van der Waals surface area (Å²) >= 11 is 1.38. The van der Waals surface area contributed by atoms with Crippen molar-refractivity contribution in [2.75, 3.05) is 25.1 Å². The monoisotopic (exact) mass is 423 g/mol. The molecule has 0 bridgehead atoms. The Labute approximate surface area is 177 Å². The zero-order valence-corrected chi connectivity index (χ0v) is 17.1. The Kier molecular flexibility index (Phi) is 5.00. The van der Waals surface area contributed by atoms with Crippen molar-refractivity contribution < 1.29 is 19.1 Å². The van der Waals surface area contributed by atoms with Crippen LogP contribution >= 0.6 is 11.3 Å². The number of hydrogen-bond donors (Lipinski definition) is 1. The first-order chi connectivity index (χ1) is 14.7. The molecule has 3 heterocycles. The summed E-state index contributed by atoms with van der Waals surface area (Å²) in [6, 6.07) is 12.5. The van der Waals surface area contributed by atoms with E-state index in [9.17, 15) is 9.59 Å². The van der Waals surface area contributed by atoms with E-state index in [0.29, 0.717) is 42.8 Å². The Morgan fingerprint density at radius 3 is 2.63 bits per heavy atom. The van der Waals surface area contributed by atoms with Crippen LogP contribution in [-0.2, 0) is 9.59 Å². The average molecular weight is 423 g/mol. The number of nitrogens with one attached hydrogen (secondary N) is 1. The third kappa shape index (κ3) is 3.59. The number of fused-ring (bicyclic) bond motifs is 2. The number of amides is 2. The van der Waals surface area contributed by atoms with E-state index in [4.69, 9.17) is 9.47 Å². The van der Waals surface area contributed by atoms with Crippen molar-refractivity contribution in [1.29, 1.82) is 0 Å². The molecule has 2 aliphatic rings. The fraction of sp³-hybridized carbons (Fsp3) is 0.318. The van der Waals surface area contributed by atoms with Crippen LogP contribution in [0.3, 0.4) is 0 Å². The van der Waals surface area contributed by atoms with Gasteiger partial charge in [-0.25, -0.2) is 4.98 Å². The van der Waals surface area contributed by atoms with E-state index >= 15 is 0 Å². The van der Waals surface area contributed by atoms with Gasteiger partial charge in [-0.2, -0.15) is 0 Å². The summed E-state index contributed by atoms with van der Waals surface area (Å²) in [4.78, 5) is 32.1. The van der Waals surface area contributed by atoms with Crippen LogP contribution in [0.1, 0.15) is 30.9 Å². The molecule has 0 aliphatic carbocycles. The molecule has 3 aromatic rings. The minimum Gasteiger partial charge on any atom is -0.486 e. The van der Waals surface area contributed by atoms with Crippen LogP contribution in [0.4, 0.5) is 5.13 Å². The molecule has 2 aliphatic heterocycles. The number of benzene rings is 2. The quantitative estimate of drug-likeness (QED) is 0.691. The molecule has 2 aromatic carbocycles. The van der Waals surface area contributed by atoms with E-state index in [2.05, 4.69) is 10.3 Å². The molecule has 1 unspecified atom stereocenters. The predicted octanol–water partition coefficient (Wildman–Crippen LogP) is 3.76. The number of hydrogen-bond acceptors (Lipinski definition) is 6. The van der Waals surface area contributed by atoms with Crippen molar-refractivity contribution in [3.05, 3.63) is 48.0 Å². The van der Waals surface area contributed by atoms with Gasteiger partial charge < -0.3 is 14.4 Å². The molecule has 0 saturated carbocycles. The maximum Gasteiger partial charge on any atom is 0.253 e. The van der Waals surface area contributed by atoms with Crippen molar-refractivity contribution in [1.82, 2.24) is 9.88 Å². The van der Waals surface area contributed by atoms with Gasteiger partial charge in [0.2, 0.25) is 5.91 Å². The van der Waals surface area contributed by atoms with Crippen LogP contribution in [0, 0.1) is 0 Å². The van der Waals surface area contributed by atoms with Crippen LogP contribution in [0.5, 0.6) is 11.5 Å². The summed E-state index contributed by atoms with van der Waals surface area (Å²) in [7, 11) is 0. The number of likely N-dealkylation sites (tertiary alicyclic amines) is 1. The first-order valence-electron chi connectivity index (χ1n) is 10.0. The zero-order chi connectivity index (χ0) is 20.5. The van der Waals surface area contributed by atoms with Gasteiger partial charge in [-0.3, -0.25) is 14.9 Å². The highest BCUT2D eigenvalue weighted by atomic mass is 32.1. The molecular weight excluding hydrogens is 402 g/mol. The number of nitrogens with zero attached hydrogens (tertiary/aromatic N) is 2. The standard InChI is InChI=1S/C22H21N3O4S/c26-19-8-4-5-9-25(19)20(14-6-2-1-3-7-14)21(27)24-22-23-15-12-16-17(13-18(15)30-22)29-11-10-28-16/h1-3,6-7,12-13,20H,4-5,8-11H2,(H,23,24,27). The molecule has 30 heavy (non-hydrogen) atoms. The average Bonchev–Trinajstić information content (AvgIpc) is 3.15. The summed E-state index contributed by atoms with van der Waals surface area (Å²) in [6.07, 6.45) is 2.24. The van der Waals surface area contributed by atoms with Gasteiger partial charge in [0, 0.05) is 25.1 Å². The fourth-order valence-electron chi connectivity index (χ4n) is 3.90. The second kappa shape index (κ2) is 7.95. The Morgan fingerprint density at radius 1 is 1.10 bits per heavy atom. The highest BCUT2D eigenvalue weighted by molar-refractivity contribution is 7.22. The Morgan fingerprint density at radius 2 is 1.87 bits per heavy atom. The summed E-state index contributed by atoms with van der Waals surface area (Å²) in [5.41, 5.74) is 1.54. The lowest BCUT2D eigenvalue weighted by molar-refractivity contribution is -0.141. The molecule has 1 aromatic heterocycles. The minimum absolute atomic E-state index is 0.0107. The van der Waals surface area contributed by atoms with Gasteiger partial charge in [0.15, 0.2) is 16.6 Å². The Hall–Kier alpha value is -3.13. The molecule has 0 radical (unpaired) electrons. The van der Waals surface area contributed by atoms with E-state index in [1.807, 2.05) is 42.5 Å². The van der Waals surface area contributed by atoms with Crippen molar-refractivity contribution in [3.63, 3.8) is 0 Å². The number of ether oxygens (including phenoxy) is 2. The number of piperidine rings is 1. The molecule has 154 valence electrons. The number of aromatic nitrogens is 1. The first kappa shape index (κ1) is 18.9. The largest absolute Gasteiger partial charge is 0.486 e. The normalized spacial score (nSPS) is 17.1. The van der Waals surface area contributed by atoms with Gasteiger partial charge in [-0.05, 0) is 18.4 Å². The van der Waals surface area contributed by atoms with E-state index in [0.717, 1.165) is 28.6 Å². The molecule has 1 saturated heterocycles. The smallest absolute Gasteiger partial charge is 0.253 e. The van der Waals surface area contributed by atoms with Crippen LogP contribution in [0.15, 0.2) is 42.5 Å². The molecule has 1 atom stereocenters. The van der Waals surface area contributed by atoms with Gasteiger partial charge in [0.25, 0.3) is 5.91 Å². The van der Waals surface area contributed by atoms with E-state index in [-0.39, 0.29) is 11.8 Å². The molecule has 1 N–H and O–H groups in total. The van der Waals surface area contributed by atoms with Gasteiger partial charge in [-0.1, -0.05) is 41.7 Å². The zero-order valence-electron chi connectivity index (χ0n) is 16.3. The minimum atomic E-state index is -0.675. The molecule has 5 rings (SSSR count). The highest BCUT2D eigenvalue weighted by Crippen LogP contribution is 2.38. The van der Waals surface area contributed by atoms with Gasteiger partial charge in [0.1, 0.15) is 19.3 Å². The van der Waals surface area contributed by atoms with Gasteiger partial charge in [0.05, 0.1) is 10.2 Å². The van der Waals surface area contributed by atoms with Crippen molar-refractivity contribution in [2.24, 2.45) is 0 Å². The van der Waals surface area contributed by atoms with Crippen LogP contribution in [0.2, 0.25) is 0 Å². The highest BCUT2D eigenvalue weighted by Gasteiger charge is 2.33. The lowest BCUT2D eigenvalue weighted by Crippen LogP contribution is -2.43.